The number of H-pyrrole nitrogens is 1. The first-order valence-electron chi connectivity index (χ1n) is 4.87. The van der Waals surface area contributed by atoms with E-state index in [1.54, 1.807) is 19.9 Å². The molecule has 88 valence electrons. The minimum atomic E-state index is -0.577. The topological polar surface area (TPSA) is 101 Å². The van der Waals surface area contributed by atoms with Crippen LogP contribution in [0.4, 0.5) is 5.82 Å². The van der Waals surface area contributed by atoms with Crippen molar-refractivity contribution in [3.05, 3.63) is 39.8 Å². The Hall–Kier alpha value is -2.44. The number of carbonyl (C=O) groups excluding carboxylic acids is 1. The number of amides is 1. The van der Waals surface area contributed by atoms with E-state index in [9.17, 15) is 9.59 Å². The third-order valence-electron chi connectivity index (χ3n) is 2.04. The van der Waals surface area contributed by atoms with Crippen LogP contribution in [0, 0.1) is 13.8 Å². The van der Waals surface area contributed by atoms with Gasteiger partial charge in [0.1, 0.15) is 17.1 Å². The lowest BCUT2D eigenvalue weighted by atomic mass is 10.3. The zero-order chi connectivity index (χ0) is 12.4. The summed E-state index contributed by atoms with van der Waals surface area (Å²) in [5.74, 6) is 0.694. The van der Waals surface area contributed by atoms with Crippen molar-refractivity contribution < 1.29 is 9.32 Å². The van der Waals surface area contributed by atoms with E-state index in [2.05, 4.69) is 20.4 Å². The Morgan fingerprint density at radius 1 is 1.47 bits per heavy atom. The van der Waals surface area contributed by atoms with Gasteiger partial charge in [-0.15, -0.1) is 0 Å². The van der Waals surface area contributed by atoms with Crippen molar-refractivity contribution in [2.45, 2.75) is 13.8 Å². The summed E-state index contributed by atoms with van der Waals surface area (Å²) in [6.45, 7) is 3.33. The highest BCUT2D eigenvalue weighted by molar-refractivity contribution is 6.03. The average Bonchev–Trinajstić information content (AvgIpc) is 2.63. The summed E-state index contributed by atoms with van der Waals surface area (Å²) in [5.41, 5.74) is -0.563. The molecule has 1 amide bonds. The summed E-state index contributed by atoms with van der Waals surface area (Å²) >= 11 is 0. The van der Waals surface area contributed by atoms with E-state index < -0.39 is 11.5 Å². The standard InChI is InChI=1S/C10H10N4O3/c1-5-3-8(14-17-5)13-10(16)7-4-11-6(2)12-9(7)15/h3-4H,1-2H3,(H,11,12,15)(H,13,14,16). The summed E-state index contributed by atoms with van der Waals surface area (Å²) in [6, 6.07) is 1.55. The SMILES string of the molecule is Cc1ncc(C(=O)Nc2cc(C)on2)c(=O)[nH]1. The Kier molecular flexibility index (Phi) is 2.73. The van der Waals surface area contributed by atoms with E-state index in [4.69, 9.17) is 4.52 Å². The summed E-state index contributed by atoms with van der Waals surface area (Å²) in [6.07, 6.45) is 1.22. The van der Waals surface area contributed by atoms with Crippen molar-refractivity contribution in [3.63, 3.8) is 0 Å². The molecule has 0 radical (unpaired) electrons. The first-order chi connectivity index (χ1) is 8.06. The molecule has 0 fully saturated rings. The van der Waals surface area contributed by atoms with E-state index >= 15 is 0 Å². The first kappa shape index (κ1) is 11.1. The molecule has 0 aliphatic heterocycles. The largest absolute Gasteiger partial charge is 0.360 e. The van der Waals surface area contributed by atoms with Crippen LogP contribution in [-0.4, -0.2) is 21.0 Å². The van der Waals surface area contributed by atoms with Crippen molar-refractivity contribution in [1.82, 2.24) is 15.1 Å². The fraction of sp³-hybridized carbons (Fsp3) is 0.200. The second kappa shape index (κ2) is 4.20. The maximum Gasteiger partial charge on any atom is 0.264 e. The molecule has 2 rings (SSSR count). The fourth-order valence-corrected chi connectivity index (χ4v) is 1.25. The molecule has 2 N–H and O–H groups in total. The molecule has 0 aliphatic carbocycles. The summed E-state index contributed by atoms with van der Waals surface area (Å²) in [7, 11) is 0. The third kappa shape index (κ3) is 2.39. The smallest absolute Gasteiger partial charge is 0.264 e. The number of nitrogens with zero attached hydrogens (tertiary/aromatic N) is 2. The average molecular weight is 234 g/mol. The quantitative estimate of drug-likeness (QED) is 0.793. The normalized spacial score (nSPS) is 10.2. The van der Waals surface area contributed by atoms with E-state index in [1.807, 2.05) is 0 Å². The molecule has 2 heterocycles. The molecule has 0 saturated heterocycles. The molecule has 2 aromatic heterocycles. The predicted molar refractivity (Wildman–Crippen MR) is 58.8 cm³/mol. The predicted octanol–water partition coefficient (Wildman–Crippen LogP) is 0.627. The van der Waals surface area contributed by atoms with Gasteiger partial charge >= 0.3 is 0 Å². The van der Waals surface area contributed by atoms with Crippen molar-refractivity contribution in [3.8, 4) is 0 Å². The Balaban J connectivity index is 2.23. The molecule has 0 unspecified atom stereocenters. The molecule has 0 bridgehead atoms. The molecule has 0 saturated carbocycles. The third-order valence-corrected chi connectivity index (χ3v) is 2.04. The maximum atomic E-state index is 11.7. The number of nitrogens with one attached hydrogen (secondary N) is 2. The summed E-state index contributed by atoms with van der Waals surface area (Å²) in [5, 5.41) is 6.02. The van der Waals surface area contributed by atoms with E-state index in [1.165, 1.54) is 6.20 Å². The Labute approximate surface area is 95.9 Å². The lowest BCUT2D eigenvalue weighted by Crippen LogP contribution is -2.24. The van der Waals surface area contributed by atoms with Crippen LogP contribution in [0.2, 0.25) is 0 Å². The molecule has 7 nitrogen and oxygen atoms in total. The van der Waals surface area contributed by atoms with Gasteiger partial charge in [-0.05, 0) is 13.8 Å². The zero-order valence-electron chi connectivity index (χ0n) is 9.27. The Morgan fingerprint density at radius 3 is 2.82 bits per heavy atom. The maximum absolute atomic E-state index is 11.7. The summed E-state index contributed by atoms with van der Waals surface area (Å²) < 4.78 is 4.78. The molecule has 0 aromatic carbocycles. The number of aromatic nitrogens is 3. The molecular weight excluding hydrogens is 224 g/mol. The molecule has 17 heavy (non-hydrogen) atoms. The number of carbonyl (C=O) groups is 1. The second-order valence-electron chi connectivity index (χ2n) is 3.49. The van der Waals surface area contributed by atoms with Gasteiger partial charge in [0, 0.05) is 12.3 Å². The zero-order valence-corrected chi connectivity index (χ0v) is 9.27. The van der Waals surface area contributed by atoms with Crippen LogP contribution in [0.25, 0.3) is 0 Å². The Morgan fingerprint density at radius 2 is 2.24 bits per heavy atom. The lowest BCUT2D eigenvalue weighted by molar-refractivity contribution is 0.102. The molecule has 2 aromatic rings. The van der Waals surface area contributed by atoms with Gasteiger partial charge in [0.15, 0.2) is 5.82 Å². The fourth-order valence-electron chi connectivity index (χ4n) is 1.25. The molecule has 0 atom stereocenters. The number of aromatic amines is 1. The van der Waals surface area contributed by atoms with Crippen LogP contribution in [0.3, 0.4) is 0 Å². The van der Waals surface area contributed by atoms with Crippen molar-refractivity contribution in [2.75, 3.05) is 5.32 Å². The molecule has 7 heteroatoms. The van der Waals surface area contributed by atoms with Crippen LogP contribution in [0.5, 0.6) is 0 Å². The minimum Gasteiger partial charge on any atom is -0.360 e. The number of anilines is 1. The van der Waals surface area contributed by atoms with Crippen LogP contribution in [0.15, 0.2) is 21.6 Å². The monoisotopic (exact) mass is 234 g/mol. The van der Waals surface area contributed by atoms with Crippen LogP contribution < -0.4 is 10.9 Å². The van der Waals surface area contributed by atoms with Gasteiger partial charge in [0.2, 0.25) is 0 Å². The van der Waals surface area contributed by atoms with Crippen molar-refractivity contribution in [2.24, 2.45) is 0 Å². The Bertz CT molecular complexity index is 614. The van der Waals surface area contributed by atoms with Gasteiger partial charge in [-0.3, -0.25) is 9.59 Å². The minimum absolute atomic E-state index is 0.0729. The van der Waals surface area contributed by atoms with Gasteiger partial charge in [0.05, 0.1) is 0 Å². The highest BCUT2D eigenvalue weighted by Crippen LogP contribution is 2.07. The van der Waals surface area contributed by atoms with Gasteiger partial charge in [0.25, 0.3) is 11.5 Å². The van der Waals surface area contributed by atoms with Gasteiger partial charge in [-0.25, -0.2) is 4.98 Å². The highest BCUT2D eigenvalue weighted by atomic mass is 16.5. The number of hydrogen-bond donors (Lipinski definition) is 2. The number of hydrogen-bond acceptors (Lipinski definition) is 5. The number of rotatable bonds is 2. The van der Waals surface area contributed by atoms with Gasteiger partial charge < -0.3 is 14.8 Å². The second-order valence-corrected chi connectivity index (χ2v) is 3.49. The van der Waals surface area contributed by atoms with E-state index in [0.717, 1.165) is 0 Å². The van der Waals surface area contributed by atoms with Crippen LogP contribution in [0.1, 0.15) is 21.9 Å². The number of aryl methyl sites for hydroxylation is 2. The first-order valence-corrected chi connectivity index (χ1v) is 4.87. The highest BCUT2D eigenvalue weighted by Gasteiger charge is 2.13. The van der Waals surface area contributed by atoms with Crippen molar-refractivity contribution in [1.29, 1.82) is 0 Å². The van der Waals surface area contributed by atoms with Gasteiger partial charge in [-0.1, -0.05) is 5.16 Å². The molecule has 0 aliphatic rings. The van der Waals surface area contributed by atoms with Crippen molar-refractivity contribution >= 4 is 11.7 Å². The van der Waals surface area contributed by atoms with E-state index in [-0.39, 0.29) is 11.4 Å². The lowest BCUT2D eigenvalue weighted by Gasteiger charge is -2.00. The van der Waals surface area contributed by atoms with E-state index in [0.29, 0.717) is 11.6 Å². The van der Waals surface area contributed by atoms with Crippen LogP contribution >= 0.6 is 0 Å². The summed E-state index contributed by atoms with van der Waals surface area (Å²) in [4.78, 5) is 29.5. The van der Waals surface area contributed by atoms with Gasteiger partial charge in [-0.2, -0.15) is 0 Å². The molecule has 0 spiro atoms. The molecular formula is C10H10N4O3. The van der Waals surface area contributed by atoms with Crippen LogP contribution in [-0.2, 0) is 0 Å².